The summed E-state index contributed by atoms with van der Waals surface area (Å²) in [5.74, 6) is 0.595. The van der Waals surface area contributed by atoms with Crippen LogP contribution in [0.3, 0.4) is 0 Å². The van der Waals surface area contributed by atoms with Crippen LogP contribution in [0.15, 0.2) is 24.3 Å². The third kappa shape index (κ3) is 5.32. The van der Waals surface area contributed by atoms with Crippen LogP contribution in [-0.2, 0) is 17.6 Å². The van der Waals surface area contributed by atoms with Crippen LogP contribution in [0, 0.1) is 5.92 Å². The van der Waals surface area contributed by atoms with Gasteiger partial charge in [0.25, 0.3) is 0 Å². The van der Waals surface area contributed by atoms with Crippen molar-refractivity contribution in [3.8, 4) is 0 Å². The van der Waals surface area contributed by atoms with Gasteiger partial charge in [0.2, 0.25) is 5.91 Å². The number of amides is 1. The summed E-state index contributed by atoms with van der Waals surface area (Å²) in [4.78, 5) is 11.6. The van der Waals surface area contributed by atoms with Crippen LogP contribution in [0.4, 0.5) is 0 Å². The normalized spacial score (nSPS) is 12.5. The first-order valence-corrected chi connectivity index (χ1v) is 6.49. The predicted octanol–water partition coefficient (Wildman–Crippen LogP) is 1.92. The van der Waals surface area contributed by atoms with E-state index in [1.54, 1.807) is 6.92 Å². The molecule has 3 nitrogen and oxygen atoms in total. The summed E-state index contributed by atoms with van der Waals surface area (Å²) < 4.78 is 0. The van der Waals surface area contributed by atoms with Crippen LogP contribution >= 0.6 is 0 Å². The van der Waals surface area contributed by atoms with Gasteiger partial charge in [-0.1, -0.05) is 38.1 Å². The molecular formula is C15H23NO2. The lowest BCUT2D eigenvalue weighted by atomic mass is 10.0. The molecule has 1 rings (SSSR count). The summed E-state index contributed by atoms with van der Waals surface area (Å²) in [6.07, 6.45) is 1.43. The maximum Gasteiger partial charge on any atom is 0.224 e. The third-order valence-corrected chi connectivity index (χ3v) is 2.71. The van der Waals surface area contributed by atoms with Crippen molar-refractivity contribution in [1.82, 2.24) is 5.32 Å². The Morgan fingerprint density at radius 2 is 1.72 bits per heavy atom. The van der Waals surface area contributed by atoms with E-state index < -0.39 is 0 Å². The lowest BCUT2D eigenvalue weighted by molar-refractivity contribution is -0.121. The minimum absolute atomic E-state index is 0.0287. The van der Waals surface area contributed by atoms with Crippen molar-refractivity contribution in [3.05, 3.63) is 35.4 Å². The minimum Gasteiger partial charge on any atom is -0.394 e. The second kappa shape index (κ2) is 7.17. The van der Waals surface area contributed by atoms with Crippen molar-refractivity contribution in [1.29, 1.82) is 0 Å². The number of hydrogen-bond donors (Lipinski definition) is 2. The van der Waals surface area contributed by atoms with Gasteiger partial charge in [0.15, 0.2) is 0 Å². The fraction of sp³-hybridized carbons (Fsp3) is 0.533. The van der Waals surface area contributed by atoms with Crippen molar-refractivity contribution in [2.24, 2.45) is 5.92 Å². The van der Waals surface area contributed by atoms with E-state index in [9.17, 15) is 4.79 Å². The maximum atomic E-state index is 11.6. The molecule has 3 heteroatoms. The highest BCUT2D eigenvalue weighted by Crippen LogP contribution is 2.10. The van der Waals surface area contributed by atoms with Gasteiger partial charge in [-0.25, -0.2) is 0 Å². The number of benzene rings is 1. The SMILES string of the molecule is CC(C)Cc1ccc(CC(=O)NC(C)CO)cc1. The van der Waals surface area contributed by atoms with Gasteiger partial charge in [-0.3, -0.25) is 4.79 Å². The first-order chi connectivity index (χ1) is 8.51. The number of rotatable bonds is 6. The average molecular weight is 249 g/mol. The number of carbonyl (C=O) groups is 1. The van der Waals surface area contributed by atoms with Crippen molar-refractivity contribution in [2.75, 3.05) is 6.61 Å². The Morgan fingerprint density at radius 1 is 1.17 bits per heavy atom. The molecule has 1 amide bonds. The fourth-order valence-corrected chi connectivity index (χ4v) is 1.82. The molecule has 18 heavy (non-hydrogen) atoms. The number of aliphatic hydroxyl groups excluding tert-OH is 1. The van der Waals surface area contributed by atoms with Crippen LogP contribution in [0.1, 0.15) is 31.9 Å². The molecule has 0 aliphatic heterocycles. The number of hydrogen-bond acceptors (Lipinski definition) is 2. The van der Waals surface area contributed by atoms with Gasteiger partial charge < -0.3 is 10.4 Å². The lowest BCUT2D eigenvalue weighted by Crippen LogP contribution is -2.35. The van der Waals surface area contributed by atoms with Crippen LogP contribution in [-0.4, -0.2) is 23.7 Å². The maximum absolute atomic E-state index is 11.6. The highest BCUT2D eigenvalue weighted by Gasteiger charge is 2.07. The number of aliphatic hydroxyl groups is 1. The Morgan fingerprint density at radius 3 is 2.22 bits per heavy atom. The molecule has 0 fully saturated rings. The van der Waals surface area contributed by atoms with E-state index in [0.29, 0.717) is 12.3 Å². The van der Waals surface area contributed by atoms with Crippen LogP contribution in [0.5, 0.6) is 0 Å². The number of carbonyl (C=O) groups excluding carboxylic acids is 1. The Labute approximate surface area is 109 Å². The van der Waals surface area contributed by atoms with Crippen LogP contribution in [0.25, 0.3) is 0 Å². The Hall–Kier alpha value is -1.35. The summed E-state index contributed by atoms with van der Waals surface area (Å²) in [6, 6.07) is 7.98. The highest BCUT2D eigenvalue weighted by molar-refractivity contribution is 5.78. The Balaban J connectivity index is 2.50. The molecule has 0 aromatic heterocycles. The standard InChI is InChI=1S/C15H23NO2/c1-11(2)8-13-4-6-14(7-5-13)9-15(18)16-12(3)10-17/h4-7,11-12,17H,8-10H2,1-3H3,(H,16,18). The average Bonchev–Trinajstić information content (AvgIpc) is 2.30. The summed E-state index contributed by atoms with van der Waals surface area (Å²) in [5.41, 5.74) is 2.31. The van der Waals surface area contributed by atoms with Gasteiger partial charge in [-0.15, -0.1) is 0 Å². The molecule has 0 aliphatic rings. The predicted molar refractivity (Wildman–Crippen MR) is 73.4 cm³/mol. The Bertz CT molecular complexity index is 371. The monoisotopic (exact) mass is 249 g/mol. The second-order valence-electron chi connectivity index (χ2n) is 5.24. The van der Waals surface area contributed by atoms with E-state index in [4.69, 9.17) is 5.11 Å². The minimum atomic E-state index is -0.183. The van der Waals surface area contributed by atoms with E-state index in [1.807, 2.05) is 12.1 Å². The van der Waals surface area contributed by atoms with E-state index >= 15 is 0 Å². The van der Waals surface area contributed by atoms with Crippen LogP contribution in [0.2, 0.25) is 0 Å². The summed E-state index contributed by atoms with van der Waals surface area (Å²) in [7, 11) is 0. The number of nitrogens with one attached hydrogen (secondary N) is 1. The molecule has 1 unspecified atom stereocenters. The van der Waals surface area contributed by atoms with Gasteiger partial charge in [0.1, 0.15) is 0 Å². The molecule has 0 aliphatic carbocycles. The molecule has 1 atom stereocenters. The first-order valence-electron chi connectivity index (χ1n) is 6.49. The van der Waals surface area contributed by atoms with E-state index in [2.05, 4.69) is 31.3 Å². The van der Waals surface area contributed by atoms with Gasteiger partial charge >= 0.3 is 0 Å². The van der Waals surface area contributed by atoms with Crippen molar-refractivity contribution in [2.45, 2.75) is 39.7 Å². The van der Waals surface area contributed by atoms with Crippen molar-refractivity contribution in [3.63, 3.8) is 0 Å². The zero-order valence-corrected chi connectivity index (χ0v) is 11.4. The van der Waals surface area contributed by atoms with E-state index in [-0.39, 0.29) is 18.6 Å². The molecular weight excluding hydrogens is 226 g/mol. The molecule has 1 aromatic rings. The van der Waals surface area contributed by atoms with Gasteiger partial charge in [-0.05, 0) is 30.4 Å². The topological polar surface area (TPSA) is 49.3 Å². The fourth-order valence-electron chi connectivity index (χ4n) is 1.82. The van der Waals surface area contributed by atoms with Crippen molar-refractivity contribution >= 4 is 5.91 Å². The van der Waals surface area contributed by atoms with Gasteiger partial charge in [0.05, 0.1) is 13.0 Å². The second-order valence-corrected chi connectivity index (χ2v) is 5.24. The van der Waals surface area contributed by atoms with E-state index in [0.717, 1.165) is 12.0 Å². The largest absolute Gasteiger partial charge is 0.394 e. The van der Waals surface area contributed by atoms with Crippen molar-refractivity contribution < 1.29 is 9.90 Å². The summed E-state index contributed by atoms with van der Waals surface area (Å²) in [5, 5.41) is 11.6. The molecule has 0 saturated heterocycles. The zero-order chi connectivity index (χ0) is 13.5. The Kier molecular flexibility index (Phi) is 5.86. The zero-order valence-electron chi connectivity index (χ0n) is 11.4. The molecule has 0 spiro atoms. The lowest BCUT2D eigenvalue weighted by Gasteiger charge is -2.11. The highest BCUT2D eigenvalue weighted by atomic mass is 16.3. The van der Waals surface area contributed by atoms with Gasteiger partial charge in [0, 0.05) is 6.04 Å². The molecule has 2 N–H and O–H groups in total. The molecule has 0 radical (unpaired) electrons. The summed E-state index contributed by atoms with van der Waals surface area (Å²) in [6.45, 7) is 6.14. The smallest absolute Gasteiger partial charge is 0.224 e. The molecule has 1 aromatic carbocycles. The molecule has 0 heterocycles. The molecule has 100 valence electrons. The van der Waals surface area contributed by atoms with Gasteiger partial charge in [-0.2, -0.15) is 0 Å². The quantitative estimate of drug-likeness (QED) is 0.809. The van der Waals surface area contributed by atoms with Crippen LogP contribution < -0.4 is 5.32 Å². The molecule has 0 bridgehead atoms. The third-order valence-electron chi connectivity index (χ3n) is 2.71. The van der Waals surface area contributed by atoms with E-state index in [1.165, 1.54) is 5.56 Å². The summed E-state index contributed by atoms with van der Waals surface area (Å²) >= 11 is 0. The molecule has 0 saturated carbocycles. The first kappa shape index (κ1) is 14.7.